The molecule has 2 fully saturated rings. The van der Waals surface area contributed by atoms with Gasteiger partial charge in [-0.05, 0) is 39.0 Å². The molecule has 0 aromatic rings. The first kappa shape index (κ1) is 13.6. The van der Waals surface area contributed by atoms with Gasteiger partial charge in [0.15, 0.2) is 6.61 Å². The largest absolute Gasteiger partial charge is 0.457 e. The van der Waals surface area contributed by atoms with E-state index >= 15 is 0 Å². The van der Waals surface area contributed by atoms with Crippen molar-refractivity contribution in [2.24, 2.45) is 5.92 Å². The van der Waals surface area contributed by atoms with Crippen molar-refractivity contribution in [1.82, 2.24) is 0 Å². The van der Waals surface area contributed by atoms with Crippen LogP contribution in [0, 0.1) is 5.92 Å². The molecule has 0 aromatic heterocycles. The van der Waals surface area contributed by atoms with E-state index in [0.29, 0.717) is 6.42 Å². The topological polar surface area (TPSA) is 61.8 Å². The van der Waals surface area contributed by atoms with Gasteiger partial charge < -0.3 is 14.2 Å². The minimum atomic E-state index is -0.456. The predicted molar refractivity (Wildman–Crippen MR) is 69.8 cm³/mol. The molecule has 1 saturated heterocycles. The molecule has 5 nitrogen and oxygen atoms in total. The molecule has 1 aliphatic carbocycles. The summed E-state index contributed by atoms with van der Waals surface area (Å²) in [6.07, 6.45) is 8.28. The van der Waals surface area contributed by atoms with E-state index in [1.54, 1.807) is 0 Å². The van der Waals surface area contributed by atoms with Crippen LogP contribution in [-0.4, -0.2) is 36.4 Å². The fourth-order valence-corrected chi connectivity index (χ4v) is 3.27. The first-order valence-corrected chi connectivity index (χ1v) is 7.28. The Balaban J connectivity index is 1.44. The second-order valence-corrected chi connectivity index (χ2v) is 6.11. The Morgan fingerprint density at radius 3 is 2.65 bits per heavy atom. The Bertz CT molecular complexity index is 436. The van der Waals surface area contributed by atoms with Crippen molar-refractivity contribution >= 4 is 11.9 Å². The summed E-state index contributed by atoms with van der Waals surface area (Å²) in [6, 6.07) is 0. The molecule has 20 heavy (non-hydrogen) atoms. The van der Waals surface area contributed by atoms with E-state index in [-0.39, 0.29) is 36.3 Å². The molecule has 3 atom stereocenters. The van der Waals surface area contributed by atoms with Crippen molar-refractivity contribution < 1.29 is 23.8 Å². The van der Waals surface area contributed by atoms with E-state index in [2.05, 4.69) is 0 Å². The molecule has 2 aliphatic heterocycles. The molecule has 0 aromatic carbocycles. The zero-order chi connectivity index (χ0) is 14.2. The molecular formula is C15H20O5. The third kappa shape index (κ3) is 2.73. The first-order chi connectivity index (χ1) is 9.56. The van der Waals surface area contributed by atoms with Crippen LogP contribution in [-0.2, 0) is 23.8 Å². The predicted octanol–water partition coefficient (Wildman–Crippen LogP) is 1.75. The van der Waals surface area contributed by atoms with Crippen LogP contribution < -0.4 is 0 Å². The number of fused-ring (bicyclic) bond motifs is 2. The number of hydrogen-bond acceptors (Lipinski definition) is 5. The van der Waals surface area contributed by atoms with Gasteiger partial charge in [-0.1, -0.05) is 12.2 Å². The maximum Gasteiger partial charge on any atom is 0.344 e. The summed E-state index contributed by atoms with van der Waals surface area (Å²) < 4.78 is 16.0. The van der Waals surface area contributed by atoms with Crippen LogP contribution in [0.15, 0.2) is 12.2 Å². The zero-order valence-corrected chi connectivity index (χ0v) is 11.7. The standard InChI is InChI=1S/C15H20O5/c1-15(6-2-3-7-15)20-13(16)9-18-14(17)11-8-10-4-5-12(11)19-10/h4-5,10-12H,2-3,6-9H2,1H3. The highest BCUT2D eigenvalue weighted by molar-refractivity contribution is 5.79. The van der Waals surface area contributed by atoms with E-state index < -0.39 is 5.97 Å². The summed E-state index contributed by atoms with van der Waals surface area (Å²) in [5.41, 5.74) is -0.373. The van der Waals surface area contributed by atoms with Crippen molar-refractivity contribution in [3.8, 4) is 0 Å². The quantitative estimate of drug-likeness (QED) is 0.580. The zero-order valence-electron chi connectivity index (χ0n) is 11.7. The van der Waals surface area contributed by atoms with Gasteiger partial charge in [0.05, 0.1) is 18.1 Å². The van der Waals surface area contributed by atoms with E-state index in [1.165, 1.54) is 0 Å². The molecule has 0 amide bonds. The van der Waals surface area contributed by atoms with Crippen LogP contribution in [0.5, 0.6) is 0 Å². The van der Waals surface area contributed by atoms with Gasteiger partial charge in [-0.25, -0.2) is 4.79 Å². The van der Waals surface area contributed by atoms with Crippen LogP contribution in [0.2, 0.25) is 0 Å². The maximum atomic E-state index is 11.9. The molecule has 5 heteroatoms. The molecule has 0 spiro atoms. The molecule has 2 heterocycles. The lowest BCUT2D eigenvalue weighted by Crippen LogP contribution is -2.32. The summed E-state index contributed by atoms with van der Waals surface area (Å²) in [5, 5.41) is 0. The third-order valence-electron chi connectivity index (χ3n) is 4.39. The maximum absolute atomic E-state index is 11.9. The molecule has 3 unspecified atom stereocenters. The van der Waals surface area contributed by atoms with Gasteiger partial charge in [0.25, 0.3) is 0 Å². The van der Waals surface area contributed by atoms with E-state index in [0.717, 1.165) is 25.7 Å². The number of ether oxygens (including phenoxy) is 3. The normalized spacial score (nSPS) is 33.4. The first-order valence-electron chi connectivity index (χ1n) is 7.28. The molecular weight excluding hydrogens is 260 g/mol. The van der Waals surface area contributed by atoms with E-state index in [9.17, 15) is 9.59 Å². The highest BCUT2D eigenvalue weighted by Crippen LogP contribution is 2.35. The van der Waals surface area contributed by atoms with Gasteiger partial charge in [0.1, 0.15) is 5.60 Å². The Morgan fingerprint density at radius 2 is 2.05 bits per heavy atom. The molecule has 110 valence electrons. The lowest BCUT2D eigenvalue weighted by molar-refractivity contribution is -0.170. The van der Waals surface area contributed by atoms with Crippen molar-refractivity contribution in [3.05, 3.63) is 12.2 Å². The fraction of sp³-hybridized carbons (Fsp3) is 0.733. The number of esters is 2. The molecule has 3 rings (SSSR count). The summed E-state index contributed by atoms with van der Waals surface area (Å²) in [6.45, 7) is 1.64. The van der Waals surface area contributed by atoms with E-state index in [1.807, 2.05) is 19.1 Å². The number of hydrogen-bond donors (Lipinski definition) is 0. The number of carbonyl (C=O) groups is 2. The SMILES string of the molecule is CC1(OC(=O)COC(=O)C2CC3C=CC2O3)CCCC1. The molecule has 2 bridgehead atoms. The van der Waals surface area contributed by atoms with Gasteiger partial charge in [0, 0.05) is 0 Å². The fourth-order valence-electron chi connectivity index (χ4n) is 3.27. The minimum Gasteiger partial charge on any atom is -0.457 e. The van der Waals surface area contributed by atoms with Crippen LogP contribution in [0.1, 0.15) is 39.0 Å². The molecule has 1 saturated carbocycles. The van der Waals surface area contributed by atoms with Crippen molar-refractivity contribution in [2.75, 3.05) is 6.61 Å². The van der Waals surface area contributed by atoms with Crippen molar-refractivity contribution in [3.63, 3.8) is 0 Å². The Labute approximate surface area is 118 Å². The Morgan fingerprint density at radius 1 is 1.30 bits per heavy atom. The summed E-state index contributed by atoms with van der Waals surface area (Å²) >= 11 is 0. The highest BCUT2D eigenvalue weighted by atomic mass is 16.6. The van der Waals surface area contributed by atoms with Crippen molar-refractivity contribution in [1.29, 1.82) is 0 Å². The van der Waals surface area contributed by atoms with Crippen LogP contribution in [0.3, 0.4) is 0 Å². The van der Waals surface area contributed by atoms with Gasteiger partial charge in [0.2, 0.25) is 0 Å². The summed E-state index contributed by atoms with van der Waals surface area (Å²) in [4.78, 5) is 23.7. The lowest BCUT2D eigenvalue weighted by atomic mass is 9.95. The van der Waals surface area contributed by atoms with Gasteiger partial charge in [-0.3, -0.25) is 4.79 Å². The number of carbonyl (C=O) groups excluding carboxylic acids is 2. The van der Waals surface area contributed by atoms with Crippen molar-refractivity contribution in [2.45, 2.75) is 56.8 Å². The monoisotopic (exact) mass is 280 g/mol. The van der Waals surface area contributed by atoms with Crippen LogP contribution in [0.4, 0.5) is 0 Å². The van der Waals surface area contributed by atoms with Gasteiger partial charge >= 0.3 is 11.9 Å². The highest BCUT2D eigenvalue weighted by Gasteiger charge is 2.42. The van der Waals surface area contributed by atoms with E-state index in [4.69, 9.17) is 14.2 Å². The third-order valence-corrected chi connectivity index (χ3v) is 4.39. The second-order valence-electron chi connectivity index (χ2n) is 6.11. The summed E-state index contributed by atoms with van der Waals surface area (Å²) in [7, 11) is 0. The van der Waals surface area contributed by atoms with Crippen LogP contribution in [0.25, 0.3) is 0 Å². The second kappa shape index (κ2) is 5.20. The molecule has 0 radical (unpaired) electrons. The minimum absolute atomic E-state index is 0.0295. The smallest absolute Gasteiger partial charge is 0.344 e. The Kier molecular flexibility index (Phi) is 3.54. The Hall–Kier alpha value is -1.36. The van der Waals surface area contributed by atoms with Gasteiger partial charge in [-0.15, -0.1) is 0 Å². The molecule has 0 N–H and O–H groups in total. The number of rotatable bonds is 4. The molecule has 3 aliphatic rings. The van der Waals surface area contributed by atoms with Crippen LogP contribution >= 0.6 is 0 Å². The summed E-state index contributed by atoms with van der Waals surface area (Å²) in [5.74, 6) is -1.10. The average Bonchev–Trinajstić information content (AvgIpc) is 3.12. The average molecular weight is 280 g/mol. The van der Waals surface area contributed by atoms with Gasteiger partial charge in [-0.2, -0.15) is 0 Å². The lowest BCUT2D eigenvalue weighted by Gasteiger charge is -2.24.